The van der Waals surface area contributed by atoms with Crippen LogP contribution in [0.3, 0.4) is 0 Å². The van der Waals surface area contributed by atoms with E-state index in [2.05, 4.69) is 10.4 Å². The molecule has 8 nitrogen and oxygen atoms in total. The normalized spacial score (nSPS) is 10.4. The Morgan fingerprint density at radius 3 is 2.32 bits per heavy atom. The first kappa shape index (κ1) is 22.1. The third kappa shape index (κ3) is 5.32. The first-order chi connectivity index (χ1) is 14.9. The van der Waals surface area contributed by atoms with Crippen LogP contribution in [-0.4, -0.2) is 42.1 Å². The number of hydrogen-bond donors (Lipinski definition) is 1. The highest BCUT2D eigenvalue weighted by Crippen LogP contribution is 2.21. The summed E-state index contributed by atoms with van der Waals surface area (Å²) in [6.45, 7) is -0.364. The van der Waals surface area contributed by atoms with Crippen LogP contribution in [0.25, 0.3) is 11.3 Å². The van der Waals surface area contributed by atoms with Crippen molar-refractivity contribution in [2.45, 2.75) is 11.4 Å². The highest BCUT2D eigenvalue weighted by Gasteiger charge is 2.18. The van der Waals surface area contributed by atoms with Crippen LogP contribution in [0.5, 0.6) is 5.75 Å². The summed E-state index contributed by atoms with van der Waals surface area (Å²) in [5.41, 5.74) is 0.667. The van der Waals surface area contributed by atoms with Crippen molar-refractivity contribution in [1.82, 2.24) is 9.78 Å². The number of rotatable bonds is 7. The Bertz CT molecular complexity index is 1140. The van der Waals surface area contributed by atoms with Gasteiger partial charge in [0.2, 0.25) is 5.91 Å². The van der Waals surface area contributed by atoms with Crippen molar-refractivity contribution in [2.75, 3.05) is 25.8 Å². The summed E-state index contributed by atoms with van der Waals surface area (Å²) in [4.78, 5) is 38.4. The van der Waals surface area contributed by atoms with Crippen molar-refractivity contribution >= 4 is 29.3 Å². The monoisotopic (exact) mass is 439 g/mol. The van der Waals surface area contributed by atoms with Crippen molar-refractivity contribution in [3.8, 4) is 17.0 Å². The maximum Gasteiger partial charge on any atom is 0.343 e. The molecule has 160 valence electrons. The second-order valence-corrected chi connectivity index (χ2v) is 7.28. The Kier molecular flexibility index (Phi) is 7.09. The third-order valence-corrected chi connectivity index (χ3v) is 5.18. The molecular formula is C22H21N3O5S. The van der Waals surface area contributed by atoms with Crippen LogP contribution in [0.1, 0.15) is 10.4 Å². The van der Waals surface area contributed by atoms with E-state index in [4.69, 9.17) is 9.47 Å². The molecule has 1 aromatic heterocycles. The fraction of sp³-hybridized carbons (Fsp3) is 0.182. The van der Waals surface area contributed by atoms with Gasteiger partial charge in [-0.2, -0.15) is 5.10 Å². The van der Waals surface area contributed by atoms with Crippen LogP contribution in [0.15, 0.2) is 64.3 Å². The fourth-order valence-electron chi connectivity index (χ4n) is 2.82. The molecule has 0 aliphatic heterocycles. The van der Waals surface area contributed by atoms with Gasteiger partial charge in [0.1, 0.15) is 17.9 Å². The first-order valence-corrected chi connectivity index (χ1v) is 10.5. The molecule has 0 radical (unpaired) electrons. The summed E-state index contributed by atoms with van der Waals surface area (Å²) in [7, 11) is 2.74. The zero-order valence-corrected chi connectivity index (χ0v) is 18.1. The number of esters is 1. The van der Waals surface area contributed by atoms with E-state index in [1.165, 1.54) is 13.2 Å². The molecule has 3 rings (SSSR count). The van der Waals surface area contributed by atoms with Gasteiger partial charge in [0, 0.05) is 16.1 Å². The predicted molar refractivity (Wildman–Crippen MR) is 119 cm³/mol. The van der Waals surface area contributed by atoms with Gasteiger partial charge in [-0.1, -0.05) is 0 Å². The molecule has 0 unspecified atom stereocenters. The number of aromatic nitrogens is 2. The molecule has 0 spiro atoms. The smallest absolute Gasteiger partial charge is 0.343 e. The van der Waals surface area contributed by atoms with Gasteiger partial charge in [0.05, 0.1) is 19.9 Å². The van der Waals surface area contributed by atoms with Gasteiger partial charge in [-0.15, -0.1) is 11.8 Å². The van der Waals surface area contributed by atoms with E-state index in [-0.39, 0.29) is 12.1 Å². The van der Waals surface area contributed by atoms with E-state index in [1.807, 2.05) is 18.4 Å². The van der Waals surface area contributed by atoms with E-state index in [0.717, 1.165) is 9.58 Å². The van der Waals surface area contributed by atoms with Crippen molar-refractivity contribution in [2.24, 2.45) is 0 Å². The van der Waals surface area contributed by atoms with Crippen LogP contribution >= 0.6 is 11.8 Å². The Labute approximate surface area is 183 Å². The summed E-state index contributed by atoms with van der Waals surface area (Å²) < 4.78 is 10.8. The SMILES string of the molecule is COC(=O)c1cc(-c2ccc(OC)cc2)nn(CC(=O)Nc2ccc(SC)cc2)c1=O. The number of nitrogens with one attached hydrogen (secondary N) is 1. The molecule has 0 aliphatic rings. The lowest BCUT2D eigenvalue weighted by Gasteiger charge is -2.11. The summed E-state index contributed by atoms with van der Waals surface area (Å²) in [6.07, 6.45) is 1.96. The number of ether oxygens (including phenoxy) is 2. The fourth-order valence-corrected chi connectivity index (χ4v) is 3.23. The van der Waals surface area contributed by atoms with E-state index in [1.54, 1.807) is 55.3 Å². The van der Waals surface area contributed by atoms with E-state index < -0.39 is 17.4 Å². The summed E-state index contributed by atoms with van der Waals surface area (Å²) >= 11 is 1.59. The minimum Gasteiger partial charge on any atom is -0.497 e. The molecule has 1 N–H and O–H groups in total. The molecule has 9 heteroatoms. The van der Waals surface area contributed by atoms with Gasteiger partial charge in [-0.25, -0.2) is 9.48 Å². The topological polar surface area (TPSA) is 99.5 Å². The lowest BCUT2D eigenvalue weighted by atomic mass is 10.1. The first-order valence-electron chi connectivity index (χ1n) is 9.24. The van der Waals surface area contributed by atoms with Crippen LogP contribution < -0.4 is 15.6 Å². The van der Waals surface area contributed by atoms with Crippen molar-refractivity contribution < 1.29 is 19.1 Å². The summed E-state index contributed by atoms with van der Waals surface area (Å²) in [5.74, 6) is -0.602. The summed E-state index contributed by atoms with van der Waals surface area (Å²) in [5, 5.41) is 7.00. The van der Waals surface area contributed by atoms with Crippen molar-refractivity contribution in [3.63, 3.8) is 0 Å². The molecule has 0 aliphatic carbocycles. The molecule has 0 saturated carbocycles. The van der Waals surface area contributed by atoms with Gasteiger partial charge in [0.15, 0.2) is 0 Å². The molecule has 31 heavy (non-hydrogen) atoms. The van der Waals surface area contributed by atoms with Crippen LogP contribution in [0.2, 0.25) is 0 Å². The molecule has 0 bridgehead atoms. The largest absolute Gasteiger partial charge is 0.497 e. The van der Waals surface area contributed by atoms with Crippen molar-refractivity contribution in [1.29, 1.82) is 0 Å². The minimum atomic E-state index is -0.802. The number of hydrogen-bond acceptors (Lipinski definition) is 7. The lowest BCUT2D eigenvalue weighted by molar-refractivity contribution is -0.117. The maximum atomic E-state index is 12.7. The number of methoxy groups -OCH3 is 2. The third-order valence-electron chi connectivity index (χ3n) is 4.43. The number of nitrogens with zero attached hydrogens (tertiary/aromatic N) is 2. The van der Waals surface area contributed by atoms with Crippen LogP contribution in [0.4, 0.5) is 5.69 Å². The number of thioether (sulfide) groups is 1. The molecule has 0 saturated heterocycles. The van der Waals surface area contributed by atoms with Gasteiger partial charge in [-0.05, 0) is 60.9 Å². The maximum absolute atomic E-state index is 12.7. The molecule has 0 atom stereocenters. The standard InChI is InChI=1S/C22H21N3O5S/c1-29-16-8-4-14(5-9-16)19-12-18(22(28)30-2)21(27)25(24-19)13-20(26)23-15-6-10-17(31-3)11-7-15/h4-12H,13H2,1-3H3,(H,23,26). The molecule has 1 heterocycles. The Morgan fingerprint density at radius 2 is 1.74 bits per heavy atom. The van der Waals surface area contributed by atoms with Gasteiger partial charge < -0.3 is 14.8 Å². The Balaban J connectivity index is 1.92. The molecule has 0 fully saturated rings. The van der Waals surface area contributed by atoms with Crippen molar-refractivity contribution in [3.05, 3.63) is 70.5 Å². The molecule has 3 aromatic rings. The minimum absolute atomic E-state index is 0.208. The Morgan fingerprint density at radius 1 is 1.06 bits per heavy atom. The molecular weight excluding hydrogens is 418 g/mol. The quantitative estimate of drug-likeness (QED) is 0.446. The number of benzene rings is 2. The Hall–Kier alpha value is -3.59. The van der Waals surface area contributed by atoms with Gasteiger partial charge in [0.25, 0.3) is 5.56 Å². The van der Waals surface area contributed by atoms with E-state index in [9.17, 15) is 14.4 Å². The predicted octanol–water partition coefficient (Wildman–Crippen LogP) is 3.07. The zero-order chi connectivity index (χ0) is 22.4. The second kappa shape index (κ2) is 9.94. The highest BCUT2D eigenvalue weighted by atomic mass is 32.2. The molecule has 2 aromatic carbocycles. The zero-order valence-electron chi connectivity index (χ0n) is 17.2. The van der Waals surface area contributed by atoms with Crippen LogP contribution in [-0.2, 0) is 16.1 Å². The van der Waals surface area contributed by atoms with E-state index >= 15 is 0 Å². The van der Waals surface area contributed by atoms with E-state index in [0.29, 0.717) is 22.7 Å². The van der Waals surface area contributed by atoms with Gasteiger partial charge in [-0.3, -0.25) is 9.59 Å². The van der Waals surface area contributed by atoms with Gasteiger partial charge >= 0.3 is 5.97 Å². The lowest BCUT2D eigenvalue weighted by Crippen LogP contribution is -2.33. The van der Waals surface area contributed by atoms with Crippen LogP contribution in [0, 0.1) is 0 Å². The number of carbonyl (C=O) groups is 2. The number of anilines is 1. The molecule has 1 amide bonds. The number of carbonyl (C=O) groups excluding carboxylic acids is 2. The highest BCUT2D eigenvalue weighted by molar-refractivity contribution is 7.98. The average molecular weight is 439 g/mol. The summed E-state index contributed by atoms with van der Waals surface area (Å²) in [6, 6.07) is 15.6. The number of amides is 1. The average Bonchev–Trinajstić information content (AvgIpc) is 2.80. The second-order valence-electron chi connectivity index (χ2n) is 6.40.